The van der Waals surface area contributed by atoms with Gasteiger partial charge in [-0.25, -0.2) is 14.6 Å². The first-order chi connectivity index (χ1) is 37.2. The molecule has 1 aliphatic heterocycles. The molecule has 1 aromatic heterocycles. The van der Waals surface area contributed by atoms with Crippen LogP contribution >= 0.6 is 0 Å². The largest absolute Gasteiger partial charge is 0.490 e. The van der Waals surface area contributed by atoms with Crippen LogP contribution in [0.3, 0.4) is 0 Å². The molecule has 1 atom stereocenters. The van der Waals surface area contributed by atoms with E-state index in [2.05, 4.69) is 37.3 Å². The molecule has 0 aliphatic carbocycles. The molecule has 5 amide bonds. The second kappa shape index (κ2) is 34.1. The number of aromatic nitrogens is 1. The highest BCUT2D eigenvalue weighted by Crippen LogP contribution is 2.15. The number of nitrogens with one attached hydrogen (secondary N) is 6. The molecule has 81 heavy (non-hydrogen) atoms. The number of carboxylic acid groups (broad SMARTS) is 1. The molecule has 0 aromatic carbocycles. The van der Waals surface area contributed by atoms with Crippen LogP contribution in [0.1, 0.15) is 139 Å². The molecule has 7 N–H and O–H groups in total. The van der Waals surface area contributed by atoms with Gasteiger partial charge >= 0.3 is 36.1 Å². The number of rotatable bonds is 21. The lowest BCUT2D eigenvalue weighted by Crippen LogP contribution is -2.53. The topological polar surface area (TPSA) is 309 Å². The zero-order valence-electron chi connectivity index (χ0n) is 49.7. The maximum Gasteiger partial charge on any atom is 0.490 e. The number of hydrazine groups is 2. The van der Waals surface area contributed by atoms with Crippen molar-refractivity contribution < 1.29 is 80.4 Å². The Morgan fingerprint density at radius 3 is 1.37 bits per heavy atom. The number of carbonyl (C=O) groups is 9. The van der Waals surface area contributed by atoms with Crippen molar-refractivity contribution in [1.82, 2.24) is 51.5 Å². The Labute approximate surface area is 474 Å². The summed E-state index contributed by atoms with van der Waals surface area (Å²) in [6.07, 6.45) is -2.23. The summed E-state index contributed by atoms with van der Waals surface area (Å²) >= 11 is 0. The highest BCUT2D eigenvalue weighted by molar-refractivity contribution is 5.94. The second-order valence-electron chi connectivity index (χ2n) is 23.7. The molecule has 1 aromatic rings. The second-order valence-corrected chi connectivity index (χ2v) is 23.7. The zero-order valence-corrected chi connectivity index (χ0v) is 49.7. The quantitative estimate of drug-likeness (QED) is 0.0399. The van der Waals surface area contributed by atoms with E-state index in [0.29, 0.717) is 90.1 Å². The van der Waals surface area contributed by atoms with Crippen molar-refractivity contribution in [1.29, 1.82) is 0 Å². The number of anilines is 1. The van der Waals surface area contributed by atoms with Crippen LogP contribution in [0.15, 0.2) is 18.3 Å². The molecule has 1 aliphatic rings. The zero-order chi connectivity index (χ0) is 61.9. The third-order valence-electron chi connectivity index (χ3n) is 10.6. The average molecular weight is 1160 g/mol. The summed E-state index contributed by atoms with van der Waals surface area (Å²) in [6.45, 7) is 28.6. The highest BCUT2D eigenvalue weighted by Gasteiger charge is 2.38. The normalized spacial score (nSPS) is 15.2. The first-order valence-corrected chi connectivity index (χ1v) is 26.9. The molecule has 1 fully saturated rings. The van der Waals surface area contributed by atoms with E-state index in [0.717, 1.165) is 0 Å². The van der Waals surface area contributed by atoms with Crippen LogP contribution in [0, 0.1) is 5.92 Å². The van der Waals surface area contributed by atoms with Gasteiger partial charge in [0.25, 0.3) is 17.7 Å². The van der Waals surface area contributed by atoms with Crippen LogP contribution < -0.4 is 32.3 Å². The molecular formula is C53H90F3N11O14. The van der Waals surface area contributed by atoms with Gasteiger partial charge in [0.05, 0.1) is 31.7 Å². The van der Waals surface area contributed by atoms with Crippen molar-refractivity contribution >= 4 is 59.4 Å². The summed E-state index contributed by atoms with van der Waals surface area (Å²) in [5.74, 6) is -5.27. The van der Waals surface area contributed by atoms with E-state index in [9.17, 15) is 51.5 Å². The van der Waals surface area contributed by atoms with E-state index < -0.39 is 70.4 Å². The molecule has 0 saturated carbocycles. The lowest BCUT2D eigenvalue weighted by atomic mass is 10.0. The number of ether oxygens (including phenoxy) is 4. The standard InChI is InChI=1S/C51H89N11O12.C2HF3O2/c1-36(2)30-38(54-47(70)74-51(12,13)14)46(69)58-56-40(63)18-16-15-17-21-52-45(68)37-19-20-39(53-31-37)55-57-41(64)32-59-22-24-60(33-42(65)71-48(3,4)5)26-28-62(35-44(67)73-50(9,10)11)29-27-61(25-23-59)34-43(66)72-49(6,7)8;3-2(4,5)1(6)7/h19-20,31,36,38H,15-18,21-30,32-35H2,1-14H3,(H,52,68)(H,53,55)(H,54,70)(H,56,63)(H,57,64)(H,58,69);(H,6,7)/t38-;/m1./s1. The summed E-state index contributed by atoms with van der Waals surface area (Å²) in [5.41, 5.74) is 7.75. The number of unbranched alkanes of at least 4 members (excludes halogenated alkanes) is 2. The maximum atomic E-state index is 13.4. The van der Waals surface area contributed by atoms with E-state index >= 15 is 0 Å². The molecule has 462 valence electrons. The highest BCUT2D eigenvalue weighted by atomic mass is 19.4. The van der Waals surface area contributed by atoms with Crippen LogP contribution in [0.25, 0.3) is 0 Å². The SMILES string of the molecule is CC(C)C[C@@H](NC(=O)OC(C)(C)C)C(=O)NNC(=O)CCCCCNC(=O)c1ccc(NNC(=O)CN2CCN(CC(=O)OC(C)(C)C)CCN(CC(=O)OC(C)(C)C)CCN(CC(=O)OC(C)(C)C)CC2)nc1.O=C(O)C(F)(F)F. The van der Waals surface area contributed by atoms with Crippen LogP contribution in [0.2, 0.25) is 0 Å². The number of alkyl halides is 3. The Morgan fingerprint density at radius 2 is 1.00 bits per heavy atom. The van der Waals surface area contributed by atoms with Gasteiger partial charge in [-0.1, -0.05) is 20.3 Å². The van der Waals surface area contributed by atoms with Gasteiger partial charge in [-0.3, -0.25) is 74.9 Å². The molecule has 0 radical (unpaired) electrons. The van der Waals surface area contributed by atoms with E-state index in [1.807, 2.05) is 33.4 Å². The number of pyridine rings is 1. The third kappa shape index (κ3) is 37.3. The maximum absolute atomic E-state index is 13.4. The predicted octanol–water partition coefficient (Wildman–Crippen LogP) is 3.78. The summed E-state index contributed by atoms with van der Waals surface area (Å²) in [4.78, 5) is 124. The van der Waals surface area contributed by atoms with E-state index in [4.69, 9.17) is 28.8 Å². The fraction of sp³-hybridized carbons (Fsp3) is 0.736. The molecule has 1 saturated heterocycles. The van der Waals surface area contributed by atoms with Gasteiger partial charge in [0.2, 0.25) is 5.91 Å². The van der Waals surface area contributed by atoms with Gasteiger partial charge in [-0.2, -0.15) is 13.2 Å². The Hall–Kier alpha value is -6.39. The first-order valence-electron chi connectivity index (χ1n) is 26.9. The summed E-state index contributed by atoms with van der Waals surface area (Å²) in [7, 11) is 0. The van der Waals surface area contributed by atoms with Gasteiger partial charge in [0.15, 0.2) is 0 Å². The summed E-state index contributed by atoms with van der Waals surface area (Å²) in [6, 6.07) is 2.22. The molecule has 0 bridgehead atoms. The average Bonchev–Trinajstić information content (AvgIpc) is 3.29. The first kappa shape index (κ1) is 72.6. The number of carbonyl (C=O) groups excluding carboxylic acids is 8. The van der Waals surface area contributed by atoms with Crippen molar-refractivity contribution in [2.75, 3.05) is 90.5 Å². The van der Waals surface area contributed by atoms with E-state index in [1.54, 1.807) is 95.2 Å². The van der Waals surface area contributed by atoms with Gasteiger partial charge in [-0.05, 0) is 120 Å². The number of amides is 5. The minimum Gasteiger partial charge on any atom is -0.475 e. The number of hydrogen-bond donors (Lipinski definition) is 7. The van der Waals surface area contributed by atoms with Crippen molar-refractivity contribution in [3.05, 3.63) is 23.9 Å². The Balaban J connectivity index is 0.00000437. The van der Waals surface area contributed by atoms with Gasteiger partial charge in [0.1, 0.15) is 34.3 Å². The monoisotopic (exact) mass is 1160 g/mol. The molecule has 0 spiro atoms. The number of carboxylic acids is 1. The minimum atomic E-state index is -5.08. The van der Waals surface area contributed by atoms with E-state index in [1.165, 1.54) is 6.20 Å². The Bertz CT molecular complexity index is 2150. The lowest BCUT2D eigenvalue weighted by Gasteiger charge is -2.34. The predicted molar refractivity (Wildman–Crippen MR) is 293 cm³/mol. The van der Waals surface area contributed by atoms with Crippen molar-refractivity contribution in [2.24, 2.45) is 5.92 Å². The number of aliphatic carboxylic acids is 1. The van der Waals surface area contributed by atoms with Crippen molar-refractivity contribution in [3.8, 4) is 0 Å². The van der Waals surface area contributed by atoms with Crippen LogP contribution in [0.5, 0.6) is 0 Å². The van der Waals surface area contributed by atoms with Gasteiger partial charge < -0.3 is 34.7 Å². The van der Waals surface area contributed by atoms with Crippen LogP contribution in [-0.4, -0.2) is 203 Å². The fourth-order valence-corrected chi connectivity index (χ4v) is 7.18. The van der Waals surface area contributed by atoms with Crippen LogP contribution in [-0.2, 0) is 52.5 Å². The lowest BCUT2D eigenvalue weighted by molar-refractivity contribution is -0.192. The molecule has 0 unspecified atom stereocenters. The van der Waals surface area contributed by atoms with E-state index in [-0.39, 0.29) is 62.1 Å². The van der Waals surface area contributed by atoms with Crippen molar-refractivity contribution in [2.45, 2.75) is 164 Å². The van der Waals surface area contributed by atoms with Crippen molar-refractivity contribution in [3.63, 3.8) is 0 Å². The van der Waals surface area contributed by atoms with Gasteiger partial charge in [-0.15, -0.1) is 0 Å². The number of halogens is 3. The Kier molecular flexibility index (Phi) is 30.6. The summed E-state index contributed by atoms with van der Waals surface area (Å²) < 4.78 is 53.9. The molecule has 2 heterocycles. The molecule has 25 nitrogen and oxygen atoms in total. The third-order valence-corrected chi connectivity index (χ3v) is 10.6. The molecular weight excluding hydrogens is 1070 g/mol. The smallest absolute Gasteiger partial charge is 0.475 e. The number of alkyl carbamates (subject to hydrolysis) is 1. The number of esters is 3. The van der Waals surface area contributed by atoms with Crippen LogP contribution in [0.4, 0.5) is 23.8 Å². The molecule has 2 rings (SSSR count). The van der Waals surface area contributed by atoms with Gasteiger partial charge in [0, 0.05) is 71.5 Å². The summed E-state index contributed by atoms with van der Waals surface area (Å²) in [5, 5.41) is 12.5. The minimum absolute atomic E-state index is 0.00687. The number of nitrogens with zero attached hydrogens (tertiary/aromatic N) is 5. The fourth-order valence-electron chi connectivity index (χ4n) is 7.18. The number of hydrogen-bond acceptors (Lipinski definition) is 19. The molecule has 28 heteroatoms. The Morgan fingerprint density at radius 1 is 0.580 bits per heavy atom.